The lowest BCUT2D eigenvalue weighted by molar-refractivity contribution is -0.142. The Bertz CT molecular complexity index is 1020. The van der Waals surface area contributed by atoms with Crippen molar-refractivity contribution in [2.24, 2.45) is 11.7 Å². The van der Waals surface area contributed by atoms with E-state index in [2.05, 4.69) is 28.6 Å². The number of carbonyl (C=O) groups excluding carboxylic acids is 3. The van der Waals surface area contributed by atoms with E-state index in [0.29, 0.717) is 6.42 Å². The van der Waals surface area contributed by atoms with Gasteiger partial charge in [-0.3, -0.25) is 14.4 Å². The summed E-state index contributed by atoms with van der Waals surface area (Å²) >= 11 is 4.15. The Kier molecular flexibility index (Phi) is 11.4. The van der Waals surface area contributed by atoms with E-state index in [4.69, 9.17) is 5.73 Å². The van der Waals surface area contributed by atoms with Crippen molar-refractivity contribution in [1.82, 2.24) is 16.0 Å². The van der Waals surface area contributed by atoms with Crippen molar-refractivity contribution in [1.29, 1.82) is 0 Å². The Morgan fingerprint density at radius 3 is 1.75 bits per heavy atom. The minimum Gasteiger partial charge on any atom is -0.480 e. The van der Waals surface area contributed by atoms with Crippen LogP contribution in [0.1, 0.15) is 25.0 Å². The molecule has 0 saturated heterocycles. The first-order valence-electron chi connectivity index (χ1n) is 11.7. The number of hydrogen-bond acceptors (Lipinski definition) is 6. The van der Waals surface area contributed by atoms with E-state index in [1.165, 1.54) is 0 Å². The summed E-state index contributed by atoms with van der Waals surface area (Å²) in [5.41, 5.74) is 7.68. The van der Waals surface area contributed by atoms with Crippen LogP contribution in [0, 0.1) is 5.92 Å². The molecule has 10 heteroatoms. The zero-order valence-corrected chi connectivity index (χ0v) is 21.3. The number of hydrogen-bond donors (Lipinski definition) is 6. The largest absolute Gasteiger partial charge is 0.480 e. The van der Waals surface area contributed by atoms with Crippen molar-refractivity contribution in [2.45, 2.75) is 50.9 Å². The molecule has 0 aliphatic rings. The van der Waals surface area contributed by atoms with E-state index < -0.39 is 47.9 Å². The third kappa shape index (κ3) is 9.01. The first-order valence-corrected chi connectivity index (χ1v) is 12.3. The number of thiol groups is 1. The van der Waals surface area contributed by atoms with Crippen molar-refractivity contribution in [3.8, 4) is 0 Å². The Morgan fingerprint density at radius 2 is 1.28 bits per heavy atom. The van der Waals surface area contributed by atoms with Gasteiger partial charge in [-0.1, -0.05) is 74.5 Å². The van der Waals surface area contributed by atoms with Crippen molar-refractivity contribution in [3.63, 3.8) is 0 Å². The second kappa shape index (κ2) is 14.3. The molecule has 0 spiro atoms. The highest BCUT2D eigenvalue weighted by Gasteiger charge is 2.31. The van der Waals surface area contributed by atoms with E-state index in [0.717, 1.165) is 11.1 Å². The second-order valence-electron chi connectivity index (χ2n) is 8.86. The van der Waals surface area contributed by atoms with Gasteiger partial charge in [0.05, 0.1) is 6.04 Å². The Morgan fingerprint density at radius 1 is 0.778 bits per heavy atom. The fourth-order valence-electron chi connectivity index (χ4n) is 3.53. The molecule has 194 valence electrons. The Hall–Kier alpha value is -3.37. The van der Waals surface area contributed by atoms with Gasteiger partial charge in [0.25, 0.3) is 0 Å². The quantitative estimate of drug-likeness (QED) is 0.219. The van der Waals surface area contributed by atoms with Gasteiger partial charge in [-0.15, -0.1) is 0 Å². The van der Waals surface area contributed by atoms with Crippen LogP contribution in [-0.4, -0.2) is 58.7 Å². The molecule has 0 aromatic heterocycles. The Balaban J connectivity index is 2.01. The fourth-order valence-corrected chi connectivity index (χ4v) is 3.79. The number of nitrogens with one attached hydrogen (secondary N) is 3. The van der Waals surface area contributed by atoms with Gasteiger partial charge in [-0.2, -0.15) is 12.6 Å². The Labute approximate surface area is 216 Å². The van der Waals surface area contributed by atoms with Crippen LogP contribution in [0.15, 0.2) is 60.7 Å². The van der Waals surface area contributed by atoms with Crippen molar-refractivity contribution in [2.75, 3.05) is 5.75 Å². The average Bonchev–Trinajstić information content (AvgIpc) is 2.85. The highest BCUT2D eigenvalue weighted by Crippen LogP contribution is 2.07. The number of carboxylic acids is 1. The van der Waals surface area contributed by atoms with Crippen LogP contribution in [0.5, 0.6) is 0 Å². The molecule has 36 heavy (non-hydrogen) atoms. The lowest BCUT2D eigenvalue weighted by Crippen LogP contribution is -2.59. The SMILES string of the molecule is CC(C)C(NC(=O)C(N)Cc1ccccc1)C(=O)NC(CS)C(=O)NC(Cc1ccccc1)C(=O)O. The molecule has 3 amide bonds. The minimum absolute atomic E-state index is 0.0679. The van der Waals surface area contributed by atoms with Gasteiger partial charge in [0, 0.05) is 12.2 Å². The fraction of sp³-hybridized carbons (Fsp3) is 0.385. The predicted molar refractivity (Wildman–Crippen MR) is 140 cm³/mol. The monoisotopic (exact) mass is 514 g/mol. The minimum atomic E-state index is -1.20. The molecule has 2 aromatic carbocycles. The van der Waals surface area contributed by atoms with E-state index in [9.17, 15) is 24.3 Å². The molecule has 0 heterocycles. The molecule has 4 atom stereocenters. The lowest BCUT2D eigenvalue weighted by Gasteiger charge is -2.26. The third-order valence-electron chi connectivity index (χ3n) is 5.59. The molecular formula is C26H34N4O5S. The van der Waals surface area contributed by atoms with Crippen LogP contribution >= 0.6 is 12.6 Å². The number of carboxylic acid groups (broad SMARTS) is 1. The molecule has 0 fully saturated rings. The van der Waals surface area contributed by atoms with E-state index in [-0.39, 0.29) is 18.1 Å². The van der Waals surface area contributed by atoms with Crippen LogP contribution in [0.4, 0.5) is 0 Å². The summed E-state index contributed by atoms with van der Waals surface area (Å²) in [5.74, 6) is -3.33. The molecule has 0 saturated carbocycles. The molecule has 2 aromatic rings. The normalized spacial score (nSPS) is 14.2. The molecule has 0 bridgehead atoms. The lowest BCUT2D eigenvalue weighted by atomic mass is 10.0. The molecule has 2 rings (SSSR count). The topological polar surface area (TPSA) is 151 Å². The van der Waals surface area contributed by atoms with Gasteiger partial charge in [0.15, 0.2) is 0 Å². The molecule has 0 aliphatic heterocycles. The summed E-state index contributed by atoms with van der Waals surface area (Å²) in [7, 11) is 0. The van der Waals surface area contributed by atoms with Gasteiger partial charge in [0.2, 0.25) is 17.7 Å². The standard InChI is InChI=1S/C26H34N4O5S/c1-16(2)22(30-23(31)19(27)13-17-9-5-3-6-10-17)25(33)29-21(15-36)24(32)28-20(26(34)35)14-18-11-7-4-8-12-18/h3-12,16,19-22,36H,13-15,27H2,1-2H3,(H,28,32)(H,29,33)(H,30,31)(H,34,35). The van der Waals surface area contributed by atoms with Crippen LogP contribution < -0.4 is 21.7 Å². The van der Waals surface area contributed by atoms with E-state index >= 15 is 0 Å². The molecular weight excluding hydrogens is 480 g/mol. The zero-order valence-electron chi connectivity index (χ0n) is 20.4. The summed E-state index contributed by atoms with van der Waals surface area (Å²) in [4.78, 5) is 50.2. The van der Waals surface area contributed by atoms with Gasteiger partial charge in [-0.05, 0) is 23.5 Å². The number of rotatable bonds is 13. The zero-order chi connectivity index (χ0) is 26.7. The van der Waals surface area contributed by atoms with Crippen LogP contribution in [0.25, 0.3) is 0 Å². The summed E-state index contributed by atoms with van der Waals surface area (Å²) in [6.45, 7) is 3.51. The van der Waals surface area contributed by atoms with Crippen LogP contribution in [-0.2, 0) is 32.0 Å². The smallest absolute Gasteiger partial charge is 0.326 e. The second-order valence-corrected chi connectivity index (χ2v) is 9.22. The van der Waals surface area contributed by atoms with Crippen LogP contribution in [0.3, 0.4) is 0 Å². The number of carbonyl (C=O) groups is 4. The summed E-state index contributed by atoms with van der Waals surface area (Å²) in [6.07, 6.45) is 0.387. The van der Waals surface area contributed by atoms with Gasteiger partial charge >= 0.3 is 5.97 Å². The summed E-state index contributed by atoms with van der Waals surface area (Å²) in [5, 5.41) is 17.3. The highest BCUT2D eigenvalue weighted by atomic mass is 32.1. The highest BCUT2D eigenvalue weighted by molar-refractivity contribution is 7.80. The summed E-state index contributed by atoms with van der Waals surface area (Å²) in [6, 6.07) is 14.1. The first-order chi connectivity index (χ1) is 17.1. The molecule has 6 N–H and O–H groups in total. The molecule has 4 unspecified atom stereocenters. The predicted octanol–water partition coefficient (Wildman–Crippen LogP) is 0.924. The van der Waals surface area contributed by atoms with Crippen molar-refractivity contribution in [3.05, 3.63) is 71.8 Å². The van der Waals surface area contributed by atoms with Crippen molar-refractivity contribution >= 4 is 36.3 Å². The number of amides is 3. The van der Waals surface area contributed by atoms with Crippen LogP contribution in [0.2, 0.25) is 0 Å². The first kappa shape index (κ1) is 28.9. The maximum absolute atomic E-state index is 13.0. The molecule has 0 radical (unpaired) electrons. The van der Waals surface area contributed by atoms with E-state index in [1.807, 2.05) is 36.4 Å². The molecule has 0 aliphatic carbocycles. The maximum atomic E-state index is 13.0. The van der Waals surface area contributed by atoms with Gasteiger partial charge < -0.3 is 26.8 Å². The third-order valence-corrected chi connectivity index (χ3v) is 5.96. The number of aliphatic carboxylic acids is 1. The van der Waals surface area contributed by atoms with Gasteiger partial charge in [-0.25, -0.2) is 4.79 Å². The molecule has 9 nitrogen and oxygen atoms in total. The summed E-state index contributed by atoms with van der Waals surface area (Å²) < 4.78 is 0. The average molecular weight is 515 g/mol. The van der Waals surface area contributed by atoms with Gasteiger partial charge in [0.1, 0.15) is 18.1 Å². The van der Waals surface area contributed by atoms with E-state index in [1.54, 1.807) is 38.1 Å². The number of nitrogens with two attached hydrogens (primary N) is 1. The number of benzene rings is 2. The maximum Gasteiger partial charge on any atom is 0.326 e. The van der Waals surface area contributed by atoms with Crippen molar-refractivity contribution < 1.29 is 24.3 Å².